The Balaban J connectivity index is 1.88. The molecule has 0 unspecified atom stereocenters. The number of nitrogens with one attached hydrogen (secondary N) is 2. The number of carbonyl (C=O) groups excluding carboxylic acids is 1. The second-order valence-electron chi connectivity index (χ2n) is 4.70. The molecular weight excluding hydrogens is 264 g/mol. The summed E-state index contributed by atoms with van der Waals surface area (Å²) in [6.07, 6.45) is 0.873. The van der Waals surface area contributed by atoms with Crippen molar-refractivity contribution in [3.63, 3.8) is 0 Å². The first kappa shape index (κ1) is 14.9. The van der Waals surface area contributed by atoms with Gasteiger partial charge in [-0.25, -0.2) is 4.79 Å². The van der Waals surface area contributed by atoms with Crippen LogP contribution in [-0.2, 0) is 6.42 Å². The number of aryl methyl sites for hydroxylation is 2. The number of hydrogen-bond donors (Lipinski definition) is 2. The van der Waals surface area contributed by atoms with Crippen molar-refractivity contribution in [1.29, 1.82) is 0 Å². The van der Waals surface area contributed by atoms with E-state index in [1.54, 1.807) is 0 Å². The van der Waals surface area contributed by atoms with Crippen LogP contribution in [0.4, 0.5) is 10.5 Å². The van der Waals surface area contributed by atoms with Gasteiger partial charge in [0, 0.05) is 5.69 Å². The first-order valence-electron chi connectivity index (χ1n) is 7.02. The van der Waals surface area contributed by atoms with Gasteiger partial charge in [-0.05, 0) is 36.6 Å². The molecule has 4 heteroatoms. The van der Waals surface area contributed by atoms with Crippen LogP contribution >= 0.6 is 0 Å². The van der Waals surface area contributed by atoms with Crippen molar-refractivity contribution >= 4 is 11.7 Å². The number of carbonyl (C=O) groups is 1. The fourth-order valence-electron chi connectivity index (χ4n) is 2.06. The summed E-state index contributed by atoms with van der Waals surface area (Å²) in [5, 5.41) is 5.57. The molecule has 0 aliphatic rings. The van der Waals surface area contributed by atoms with Crippen LogP contribution in [0, 0.1) is 6.92 Å². The molecule has 2 N–H and O–H groups in total. The summed E-state index contributed by atoms with van der Waals surface area (Å²) >= 11 is 0. The van der Waals surface area contributed by atoms with E-state index >= 15 is 0 Å². The lowest BCUT2D eigenvalue weighted by Crippen LogP contribution is -2.32. The lowest BCUT2D eigenvalue weighted by atomic mass is 10.1. The number of benzene rings is 2. The molecule has 0 spiro atoms. The minimum atomic E-state index is -0.269. The lowest BCUT2D eigenvalue weighted by molar-refractivity contribution is 0.234. The molecular formula is C17H20N2O2. The highest BCUT2D eigenvalue weighted by molar-refractivity contribution is 5.90. The van der Waals surface area contributed by atoms with Crippen molar-refractivity contribution in [3.05, 3.63) is 59.7 Å². The summed E-state index contributed by atoms with van der Waals surface area (Å²) in [7, 11) is 0. The maximum atomic E-state index is 11.9. The van der Waals surface area contributed by atoms with Crippen LogP contribution < -0.4 is 15.4 Å². The van der Waals surface area contributed by atoms with E-state index in [4.69, 9.17) is 4.74 Å². The highest BCUT2D eigenvalue weighted by Gasteiger charge is 2.07. The van der Waals surface area contributed by atoms with E-state index in [0.717, 1.165) is 29.0 Å². The molecule has 2 amide bonds. The van der Waals surface area contributed by atoms with Gasteiger partial charge in [0.2, 0.25) is 0 Å². The van der Waals surface area contributed by atoms with Crippen molar-refractivity contribution in [2.45, 2.75) is 20.3 Å². The molecule has 0 aliphatic heterocycles. The Morgan fingerprint density at radius 3 is 2.57 bits per heavy atom. The topological polar surface area (TPSA) is 50.4 Å². The SMILES string of the molecule is CCc1cccc(C)c1NC(=O)NCOc1ccccc1. The predicted octanol–water partition coefficient (Wildman–Crippen LogP) is 3.72. The number of hydrogen-bond acceptors (Lipinski definition) is 2. The highest BCUT2D eigenvalue weighted by atomic mass is 16.5. The van der Waals surface area contributed by atoms with E-state index in [0.29, 0.717) is 0 Å². The molecule has 21 heavy (non-hydrogen) atoms. The molecule has 110 valence electrons. The molecule has 0 saturated carbocycles. The van der Waals surface area contributed by atoms with Gasteiger partial charge in [0.25, 0.3) is 0 Å². The third-order valence-corrected chi connectivity index (χ3v) is 3.19. The Hall–Kier alpha value is -2.49. The molecule has 0 aromatic heterocycles. The van der Waals surface area contributed by atoms with Gasteiger partial charge < -0.3 is 15.4 Å². The molecule has 0 aliphatic carbocycles. The normalized spacial score (nSPS) is 10.0. The Morgan fingerprint density at radius 2 is 1.86 bits per heavy atom. The van der Waals surface area contributed by atoms with Crippen LogP contribution in [0.1, 0.15) is 18.1 Å². The summed E-state index contributed by atoms with van der Waals surface area (Å²) in [6.45, 7) is 4.18. The molecule has 2 rings (SSSR count). The first-order chi connectivity index (χ1) is 10.2. The van der Waals surface area contributed by atoms with Gasteiger partial charge in [-0.1, -0.05) is 43.3 Å². The van der Waals surface area contributed by atoms with Crippen LogP contribution in [0.2, 0.25) is 0 Å². The molecule has 0 radical (unpaired) electrons. The zero-order chi connectivity index (χ0) is 15.1. The maximum absolute atomic E-state index is 11.9. The Kier molecular flexibility index (Phi) is 5.21. The standard InChI is InChI=1S/C17H20N2O2/c1-3-14-9-7-8-13(2)16(14)19-17(20)18-12-21-15-10-5-4-6-11-15/h4-11H,3,12H2,1-2H3,(H2,18,19,20). The van der Waals surface area contributed by atoms with Gasteiger partial charge in [0.05, 0.1) is 0 Å². The molecule has 2 aromatic rings. The van der Waals surface area contributed by atoms with Crippen molar-refractivity contribution in [2.24, 2.45) is 0 Å². The smallest absolute Gasteiger partial charge is 0.321 e. The van der Waals surface area contributed by atoms with E-state index in [1.807, 2.05) is 55.5 Å². The Labute approximate surface area is 125 Å². The van der Waals surface area contributed by atoms with Crippen LogP contribution in [-0.4, -0.2) is 12.8 Å². The van der Waals surface area contributed by atoms with Gasteiger partial charge in [0.15, 0.2) is 6.73 Å². The molecule has 0 atom stereocenters. The summed E-state index contributed by atoms with van der Waals surface area (Å²) < 4.78 is 5.43. The van der Waals surface area contributed by atoms with Gasteiger partial charge in [-0.2, -0.15) is 0 Å². The van der Waals surface area contributed by atoms with Crippen LogP contribution in [0.3, 0.4) is 0 Å². The molecule has 4 nitrogen and oxygen atoms in total. The minimum Gasteiger partial charge on any atom is -0.473 e. The number of anilines is 1. The van der Waals surface area contributed by atoms with Gasteiger partial charge >= 0.3 is 6.03 Å². The number of amides is 2. The summed E-state index contributed by atoms with van der Waals surface area (Å²) in [5.41, 5.74) is 3.04. The number of rotatable bonds is 5. The van der Waals surface area contributed by atoms with Crippen molar-refractivity contribution < 1.29 is 9.53 Å². The average Bonchev–Trinajstić information content (AvgIpc) is 2.50. The molecule has 2 aromatic carbocycles. The zero-order valence-corrected chi connectivity index (χ0v) is 12.3. The quantitative estimate of drug-likeness (QED) is 0.822. The van der Waals surface area contributed by atoms with E-state index in [9.17, 15) is 4.79 Å². The van der Waals surface area contributed by atoms with E-state index < -0.39 is 0 Å². The zero-order valence-electron chi connectivity index (χ0n) is 12.3. The molecule has 0 fully saturated rings. The Morgan fingerprint density at radius 1 is 1.10 bits per heavy atom. The third kappa shape index (κ3) is 4.24. The molecule has 0 bridgehead atoms. The third-order valence-electron chi connectivity index (χ3n) is 3.19. The van der Waals surface area contributed by atoms with Crippen LogP contribution in [0.15, 0.2) is 48.5 Å². The number of ether oxygens (including phenoxy) is 1. The first-order valence-corrected chi connectivity index (χ1v) is 7.02. The highest BCUT2D eigenvalue weighted by Crippen LogP contribution is 2.20. The van der Waals surface area contributed by atoms with Crippen LogP contribution in [0.25, 0.3) is 0 Å². The number of urea groups is 1. The van der Waals surface area contributed by atoms with Gasteiger partial charge in [-0.3, -0.25) is 0 Å². The van der Waals surface area contributed by atoms with E-state index in [1.165, 1.54) is 0 Å². The lowest BCUT2D eigenvalue weighted by Gasteiger charge is -2.14. The fourth-order valence-corrected chi connectivity index (χ4v) is 2.06. The van der Waals surface area contributed by atoms with Gasteiger partial charge in [0.1, 0.15) is 5.75 Å². The molecule has 0 heterocycles. The Bertz CT molecular complexity index is 597. The fraction of sp³-hybridized carbons (Fsp3) is 0.235. The van der Waals surface area contributed by atoms with Crippen molar-refractivity contribution in [2.75, 3.05) is 12.0 Å². The minimum absolute atomic E-state index is 0.128. The van der Waals surface area contributed by atoms with E-state index in [-0.39, 0.29) is 12.8 Å². The maximum Gasteiger partial charge on any atom is 0.321 e. The van der Waals surface area contributed by atoms with E-state index in [2.05, 4.69) is 17.6 Å². The second-order valence-corrected chi connectivity index (χ2v) is 4.70. The summed E-state index contributed by atoms with van der Waals surface area (Å²) in [4.78, 5) is 11.9. The largest absolute Gasteiger partial charge is 0.473 e. The second kappa shape index (κ2) is 7.33. The van der Waals surface area contributed by atoms with Crippen LogP contribution in [0.5, 0.6) is 5.75 Å². The summed E-state index contributed by atoms with van der Waals surface area (Å²) in [6, 6.07) is 15.1. The van der Waals surface area contributed by atoms with Gasteiger partial charge in [-0.15, -0.1) is 0 Å². The van der Waals surface area contributed by atoms with Crippen molar-refractivity contribution in [1.82, 2.24) is 5.32 Å². The average molecular weight is 284 g/mol. The number of para-hydroxylation sites is 2. The van der Waals surface area contributed by atoms with Crippen molar-refractivity contribution in [3.8, 4) is 5.75 Å². The predicted molar refractivity (Wildman–Crippen MR) is 84.6 cm³/mol. The monoisotopic (exact) mass is 284 g/mol. The summed E-state index contributed by atoms with van der Waals surface area (Å²) in [5.74, 6) is 0.725. The molecule has 0 saturated heterocycles.